The summed E-state index contributed by atoms with van der Waals surface area (Å²) >= 11 is 0. The van der Waals surface area contributed by atoms with Crippen LogP contribution < -0.4 is 11.1 Å². The van der Waals surface area contributed by atoms with Crippen molar-refractivity contribution in [3.63, 3.8) is 0 Å². The van der Waals surface area contributed by atoms with E-state index in [2.05, 4.69) is 5.32 Å². The number of nitrogens with one attached hydrogen (secondary N) is 1. The van der Waals surface area contributed by atoms with Gasteiger partial charge >= 0.3 is 0 Å². The molecule has 3 nitrogen and oxygen atoms in total. The third-order valence-electron chi connectivity index (χ3n) is 3.08. The topological polar surface area (TPSA) is 55.1 Å². The minimum Gasteiger partial charge on any atom is -0.399 e. The van der Waals surface area contributed by atoms with Crippen molar-refractivity contribution in [1.82, 2.24) is 0 Å². The molecule has 0 aromatic heterocycles. The fraction of sp³-hybridized carbons (Fsp3) is 0.188. The second kappa shape index (κ2) is 5.33. The van der Waals surface area contributed by atoms with Crippen molar-refractivity contribution in [3.05, 3.63) is 58.4 Å². The molecule has 1 amide bonds. The standard InChI is InChI=1S/C16H17FN2O/c1-9-4-10(2)15(11(3)5-9)16(20)19-14-7-12(17)6-13(18)8-14/h4-8H,18H2,1-3H3,(H,19,20). The van der Waals surface area contributed by atoms with Gasteiger partial charge < -0.3 is 11.1 Å². The molecule has 0 fully saturated rings. The quantitative estimate of drug-likeness (QED) is 0.821. The molecular weight excluding hydrogens is 255 g/mol. The summed E-state index contributed by atoms with van der Waals surface area (Å²) in [5, 5.41) is 2.68. The molecule has 104 valence electrons. The van der Waals surface area contributed by atoms with Gasteiger partial charge in [-0.05, 0) is 50.1 Å². The molecule has 20 heavy (non-hydrogen) atoms. The molecule has 0 saturated carbocycles. The van der Waals surface area contributed by atoms with E-state index in [0.29, 0.717) is 11.3 Å². The van der Waals surface area contributed by atoms with E-state index < -0.39 is 5.82 Å². The highest BCUT2D eigenvalue weighted by molar-refractivity contribution is 6.06. The molecule has 0 saturated heterocycles. The molecule has 0 heterocycles. The van der Waals surface area contributed by atoms with Gasteiger partial charge in [0.05, 0.1) is 0 Å². The molecule has 0 spiro atoms. The summed E-state index contributed by atoms with van der Waals surface area (Å²) in [6.45, 7) is 5.75. The molecule has 0 aliphatic carbocycles. The Balaban J connectivity index is 2.33. The summed E-state index contributed by atoms with van der Waals surface area (Å²) in [5.74, 6) is -0.734. The van der Waals surface area contributed by atoms with Crippen LogP contribution in [0.15, 0.2) is 30.3 Å². The molecule has 2 aromatic carbocycles. The van der Waals surface area contributed by atoms with Crippen molar-refractivity contribution >= 4 is 17.3 Å². The Bertz CT molecular complexity index is 637. The average Bonchev–Trinajstić information content (AvgIpc) is 2.25. The van der Waals surface area contributed by atoms with E-state index in [-0.39, 0.29) is 11.6 Å². The molecule has 0 atom stereocenters. The van der Waals surface area contributed by atoms with Crippen LogP contribution in [0.1, 0.15) is 27.0 Å². The molecule has 4 heteroatoms. The van der Waals surface area contributed by atoms with Gasteiger partial charge in [0.1, 0.15) is 5.82 Å². The molecule has 0 radical (unpaired) electrons. The Morgan fingerprint density at radius 1 is 1.05 bits per heavy atom. The van der Waals surface area contributed by atoms with E-state index in [0.717, 1.165) is 16.7 Å². The lowest BCUT2D eigenvalue weighted by molar-refractivity contribution is 0.102. The molecule has 2 rings (SSSR count). The summed E-state index contributed by atoms with van der Waals surface area (Å²) in [5.41, 5.74) is 9.69. The Hall–Kier alpha value is -2.36. The fourth-order valence-corrected chi connectivity index (χ4v) is 2.42. The second-order valence-corrected chi connectivity index (χ2v) is 5.00. The highest BCUT2D eigenvalue weighted by atomic mass is 19.1. The van der Waals surface area contributed by atoms with Crippen molar-refractivity contribution in [3.8, 4) is 0 Å². The van der Waals surface area contributed by atoms with Gasteiger partial charge in [0.25, 0.3) is 5.91 Å². The molecule has 0 unspecified atom stereocenters. The van der Waals surface area contributed by atoms with Crippen LogP contribution in [0.3, 0.4) is 0 Å². The minimum atomic E-state index is -0.474. The smallest absolute Gasteiger partial charge is 0.256 e. The van der Waals surface area contributed by atoms with E-state index in [1.165, 1.54) is 18.2 Å². The van der Waals surface area contributed by atoms with E-state index in [1.807, 2.05) is 32.9 Å². The first-order chi connectivity index (χ1) is 9.36. The van der Waals surface area contributed by atoms with Crippen LogP contribution in [0.2, 0.25) is 0 Å². The Morgan fingerprint density at radius 2 is 1.65 bits per heavy atom. The first-order valence-corrected chi connectivity index (χ1v) is 6.32. The maximum atomic E-state index is 13.3. The number of nitrogen functional groups attached to an aromatic ring is 1. The lowest BCUT2D eigenvalue weighted by Crippen LogP contribution is -2.15. The number of carbonyl (C=O) groups is 1. The zero-order valence-corrected chi connectivity index (χ0v) is 11.8. The largest absolute Gasteiger partial charge is 0.399 e. The van der Waals surface area contributed by atoms with Crippen LogP contribution in [0, 0.1) is 26.6 Å². The number of hydrogen-bond donors (Lipinski definition) is 2. The number of anilines is 2. The third kappa shape index (κ3) is 2.96. The van der Waals surface area contributed by atoms with Crippen LogP contribution in [0.5, 0.6) is 0 Å². The fourth-order valence-electron chi connectivity index (χ4n) is 2.42. The number of hydrogen-bond acceptors (Lipinski definition) is 2. The first-order valence-electron chi connectivity index (χ1n) is 6.32. The van der Waals surface area contributed by atoms with Crippen molar-refractivity contribution in [2.45, 2.75) is 20.8 Å². The minimum absolute atomic E-state index is 0.259. The normalized spacial score (nSPS) is 10.4. The van der Waals surface area contributed by atoms with Crippen molar-refractivity contribution in [1.29, 1.82) is 0 Å². The van der Waals surface area contributed by atoms with Crippen LogP contribution in [-0.4, -0.2) is 5.91 Å². The third-order valence-corrected chi connectivity index (χ3v) is 3.08. The van der Waals surface area contributed by atoms with E-state index in [4.69, 9.17) is 5.73 Å². The zero-order valence-electron chi connectivity index (χ0n) is 11.8. The average molecular weight is 272 g/mol. The number of amides is 1. The zero-order chi connectivity index (χ0) is 14.9. The van der Waals surface area contributed by atoms with Gasteiger partial charge in [0.15, 0.2) is 0 Å². The SMILES string of the molecule is Cc1cc(C)c(C(=O)Nc2cc(N)cc(F)c2)c(C)c1. The van der Waals surface area contributed by atoms with E-state index >= 15 is 0 Å². The van der Waals surface area contributed by atoms with Gasteiger partial charge in [-0.25, -0.2) is 4.39 Å². The molecule has 0 bridgehead atoms. The van der Waals surface area contributed by atoms with Gasteiger partial charge in [0, 0.05) is 16.9 Å². The second-order valence-electron chi connectivity index (χ2n) is 5.00. The van der Waals surface area contributed by atoms with Crippen molar-refractivity contribution in [2.75, 3.05) is 11.1 Å². The van der Waals surface area contributed by atoms with E-state index in [1.54, 1.807) is 0 Å². The summed E-state index contributed by atoms with van der Waals surface area (Å²) in [4.78, 5) is 12.3. The Kier molecular flexibility index (Phi) is 3.74. The van der Waals surface area contributed by atoms with Gasteiger partial charge in [-0.15, -0.1) is 0 Å². The highest BCUT2D eigenvalue weighted by Gasteiger charge is 2.13. The van der Waals surface area contributed by atoms with Crippen molar-refractivity contribution < 1.29 is 9.18 Å². The Labute approximate surface area is 117 Å². The van der Waals surface area contributed by atoms with Crippen LogP contribution >= 0.6 is 0 Å². The number of benzene rings is 2. The Morgan fingerprint density at radius 3 is 2.20 bits per heavy atom. The van der Waals surface area contributed by atoms with Crippen LogP contribution in [0.25, 0.3) is 0 Å². The lowest BCUT2D eigenvalue weighted by Gasteiger charge is -2.12. The lowest BCUT2D eigenvalue weighted by atomic mass is 9.99. The predicted octanol–water partition coefficient (Wildman–Crippen LogP) is 3.59. The summed E-state index contributed by atoms with van der Waals surface area (Å²) in [6.07, 6.45) is 0. The monoisotopic (exact) mass is 272 g/mol. The molecule has 3 N–H and O–H groups in total. The number of halogens is 1. The van der Waals surface area contributed by atoms with Crippen LogP contribution in [0.4, 0.5) is 15.8 Å². The molecule has 0 aliphatic rings. The van der Waals surface area contributed by atoms with Crippen LogP contribution in [-0.2, 0) is 0 Å². The number of carbonyl (C=O) groups excluding carboxylic acids is 1. The summed E-state index contributed by atoms with van der Waals surface area (Å²) < 4.78 is 13.3. The van der Waals surface area contributed by atoms with Gasteiger partial charge in [-0.3, -0.25) is 4.79 Å². The maximum Gasteiger partial charge on any atom is 0.256 e. The molecular formula is C16H17FN2O. The number of nitrogens with two attached hydrogens (primary N) is 1. The predicted molar refractivity (Wildman–Crippen MR) is 79.4 cm³/mol. The molecule has 2 aromatic rings. The van der Waals surface area contributed by atoms with Gasteiger partial charge in [-0.2, -0.15) is 0 Å². The first kappa shape index (κ1) is 14.1. The van der Waals surface area contributed by atoms with Gasteiger partial charge in [0.2, 0.25) is 0 Å². The van der Waals surface area contributed by atoms with Crippen molar-refractivity contribution in [2.24, 2.45) is 0 Å². The number of aryl methyl sites for hydroxylation is 3. The summed E-state index contributed by atoms with van der Waals surface area (Å²) in [7, 11) is 0. The number of rotatable bonds is 2. The highest BCUT2D eigenvalue weighted by Crippen LogP contribution is 2.20. The van der Waals surface area contributed by atoms with Gasteiger partial charge in [-0.1, -0.05) is 17.7 Å². The summed E-state index contributed by atoms with van der Waals surface area (Å²) in [6, 6.07) is 7.87. The maximum absolute atomic E-state index is 13.3. The van der Waals surface area contributed by atoms with E-state index in [9.17, 15) is 9.18 Å². The molecule has 0 aliphatic heterocycles.